The predicted molar refractivity (Wildman–Crippen MR) is 109 cm³/mol. The van der Waals surface area contributed by atoms with Crippen molar-refractivity contribution in [2.45, 2.75) is 32.1 Å². The van der Waals surface area contributed by atoms with Crippen molar-refractivity contribution in [2.75, 3.05) is 59.4 Å². The molecule has 0 spiro atoms. The van der Waals surface area contributed by atoms with Crippen LogP contribution in [0.5, 0.6) is 0 Å². The van der Waals surface area contributed by atoms with Crippen molar-refractivity contribution in [2.24, 2.45) is 0 Å². The van der Waals surface area contributed by atoms with Crippen LogP contribution in [-0.4, -0.2) is 61.3 Å². The van der Waals surface area contributed by atoms with E-state index in [1.807, 2.05) is 0 Å². The van der Waals surface area contributed by atoms with Crippen molar-refractivity contribution < 1.29 is 5.11 Å². The van der Waals surface area contributed by atoms with Gasteiger partial charge in [0.1, 0.15) is 0 Å². The molecular weight excluding hydrogens is 364 g/mol. The molecule has 0 bridgehead atoms. The largest absolute Gasteiger partial charge is 0.396 e. The molecule has 2 rings (SSSR count). The number of anilines is 6. The molecule has 0 aliphatic heterocycles. The Morgan fingerprint density at radius 3 is 1.39 bits per heavy atom. The third-order valence-electron chi connectivity index (χ3n) is 3.61. The lowest BCUT2D eigenvalue weighted by molar-refractivity contribution is 0.286. The number of nitrogens with zero attached hydrogens (tertiary/aromatic N) is 6. The van der Waals surface area contributed by atoms with E-state index in [2.05, 4.69) is 45.9 Å². The Morgan fingerprint density at radius 2 is 0.929 bits per heavy atom. The van der Waals surface area contributed by atoms with Gasteiger partial charge in [0.05, 0.1) is 0 Å². The summed E-state index contributed by atoms with van der Waals surface area (Å²) in [6.07, 6.45) is 4.37. The summed E-state index contributed by atoms with van der Waals surface area (Å²) in [4.78, 5) is 24.0. The van der Waals surface area contributed by atoms with E-state index >= 15 is 0 Å². The van der Waals surface area contributed by atoms with Gasteiger partial charge >= 0.3 is 0 Å². The molecule has 0 saturated heterocycles. The highest BCUT2D eigenvalue weighted by Gasteiger charge is 2.04. The Balaban J connectivity index is 1.62. The molecule has 154 valence electrons. The molecule has 2 aromatic rings. The summed E-state index contributed by atoms with van der Waals surface area (Å²) in [7, 11) is 0. The summed E-state index contributed by atoms with van der Waals surface area (Å²) < 4.78 is 0. The highest BCUT2D eigenvalue weighted by Crippen LogP contribution is 2.08. The topological polar surface area (TPSA) is 212 Å². The molecule has 0 saturated carbocycles. The van der Waals surface area contributed by atoms with Crippen LogP contribution >= 0.6 is 0 Å². The summed E-state index contributed by atoms with van der Waals surface area (Å²) in [5.74, 6) is 1.58. The number of hydrogen-bond donors (Lipinski definition) is 7. The highest BCUT2D eigenvalue weighted by atomic mass is 16.2. The van der Waals surface area contributed by atoms with E-state index in [0.717, 1.165) is 32.1 Å². The zero-order valence-corrected chi connectivity index (χ0v) is 15.7. The van der Waals surface area contributed by atoms with Gasteiger partial charge in [0, 0.05) is 26.2 Å². The minimum absolute atomic E-state index is 0.0954. The van der Waals surface area contributed by atoms with Gasteiger partial charge in [0.2, 0.25) is 35.7 Å². The fraction of sp³-hybridized carbons (Fsp3) is 0.600. The standard InChI is InChI=1S/C15H28N12O/c16-10-22-11(17)24-13(23-10)19-6-2-1-3-7-20-14-25-12(18)26-15(27-14)21-8-4-5-9-28/h28H,1-9H2,(H5,16,17,19,22,23,24)(H4,18,20,21,25,26,27). The van der Waals surface area contributed by atoms with Crippen LogP contribution in [0.4, 0.5) is 35.7 Å². The van der Waals surface area contributed by atoms with Gasteiger partial charge in [0.15, 0.2) is 0 Å². The van der Waals surface area contributed by atoms with Gasteiger partial charge in [-0.2, -0.15) is 29.9 Å². The van der Waals surface area contributed by atoms with Gasteiger partial charge < -0.3 is 38.3 Å². The number of nitrogens with one attached hydrogen (secondary N) is 3. The average molecular weight is 392 g/mol. The van der Waals surface area contributed by atoms with E-state index in [1.165, 1.54) is 0 Å². The van der Waals surface area contributed by atoms with E-state index in [9.17, 15) is 0 Å². The van der Waals surface area contributed by atoms with Crippen LogP contribution in [0.15, 0.2) is 0 Å². The molecule has 0 aliphatic carbocycles. The zero-order valence-electron chi connectivity index (χ0n) is 15.7. The summed E-state index contributed by atoms with van der Waals surface area (Å²) >= 11 is 0. The van der Waals surface area contributed by atoms with Crippen molar-refractivity contribution >= 4 is 35.7 Å². The molecule has 10 N–H and O–H groups in total. The molecule has 2 heterocycles. The zero-order chi connectivity index (χ0) is 20.2. The van der Waals surface area contributed by atoms with Crippen molar-refractivity contribution in [3.8, 4) is 0 Å². The van der Waals surface area contributed by atoms with Crippen LogP contribution in [0, 0.1) is 0 Å². The van der Waals surface area contributed by atoms with Crippen LogP contribution < -0.4 is 33.2 Å². The van der Waals surface area contributed by atoms with E-state index in [-0.39, 0.29) is 24.5 Å². The maximum atomic E-state index is 8.78. The number of unbranched alkanes of at least 4 members (excludes halogenated alkanes) is 3. The third-order valence-corrected chi connectivity index (χ3v) is 3.61. The molecule has 0 unspecified atom stereocenters. The second-order valence-corrected chi connectivity index (χ2v) is 5.99. The maximum Gasteiger partial charge on any atom is 0.229 e. The summed E-state index contributed by atoms with van der Waals surface area (Å²) in [5.41, 5.74) is 16.7. The lowest BCUT2D eigenvalue weighted by Crippen LogP contribution is -2.13. The SMILES string of the molecule is Nc1nc(N)nc(NCCCCCNc2nc(N)nc(NCCCCO)n2)n1. The lowest BCUT2D eigenvalue weighted by Gasteiger charge is -2.09. The molecule has 2 aromatic heterocycles. The summed E-state index contributed by atoms with van der Waals surface area (Å²) in [5, 5.41) is 18.1. The van der Waals surface area contributed by atoms with E-state index in [4.69, 9.17) is 22.3 Å². The van der Waals surface area contributed by atoms with E-state index < -0.39 is 0 Å². The van der Waals surface area contributed by atoms with Gasteiger partial charge in [-0.15, -0.1) is 0 Å². The summed E-state index contributed by atoms with van der Waals surface area (Å²) in [6.45, 7) is 2.23. The van der Waals surface area contributed by atoms with Crippen molar-refractivity contribution in [1.29, 1.82) is 0 Å². The molecular formula is C15H28N12O. The molecule has 0 amide bonds. The first-order chi connectivity index (χ1) is 13.6. The molecule has 0 radical (unpaired) electrons. The predicted octanol–water partition coefficient (Wildman–Crippen LogP) is -0.318. The van der Waals surface area contributed by atoms with Crippen molar-refractivity contribution in [1.82, 2.24) is 29.9 Å². The normalized spacial score (nSPS) is 10.6. The molecule has 0 aromatic carbocycles. The van der Waals surface area contributed by atoms with Gasteiger partial charge in [-0.25, -0.2) is 0 Å². The summed E-state index contributed by atoms with van der Waals surface area (Å²) in [6, 6.07) is 0. The fourth-order valence-corrected chi connectivity index (χ4v) is 2.30. The number of aromatic nitrogens is 6. The maximum absolute atomic E-state index is 8.78. The first-order valence-electron chi connectivity index (χ1n) is 9.18. The third kappa shape index (κ3) is 7.99. The number of nitrogen functional groups attached to an aromatic ring is 3. The average Bonchev–Trinajstić information content (AvgIpc) is 2.63. The quantitative estimate of drug-likeness (QED) is 0.218. The van der Waals surface area contributed by atoms with E-state index in [1.54, 1.807) is 0 Å². The first-order valence-corrected chi connectivity index (χ1v) is 9.18. The van der Waals surface area contributed by atoms with Crippen LogP contribution in [0.3, 0.4) is 0 Å². The lowest BCUT2D eigenvalue weighted by atomic mass is 10.2. The number of aliphatic hydroxyl groups is 1. The molecule has 28 heavy (non-hydrogen) atoms. The fourth-order valence-electron chi connectivity index (χ4n) is 2.30. The van der Waals surface area contributed by atoms with Gasteiger partial charge in [-0.05, 0) is 32.1 Å². The number of rotatable bonds is 13. The highest BCUT2D eigenvalue weighted by molar-refractivity contribution is 5.39. The molecule has 0 fully saturated rings. The first kappa shape index (κ1) is 21.1. The Kier molecular flexibility index (Phi) is 8.65. The van der Waals surface area contributed by atoms with Gasteiger partial charge in [-0.1, -0.05) is 0 Å². The smallest absolute Gasteiger partial charge is 0.229 e. The van der Waals surface area contributed by atoms with Crippen LogP contribution in [0.25, 0.3) is 0 Å². The second kappa shape index (κ2) is 11.5. The number of nitrogens with two attached hydrogens (primary N) is 3. The Labute approximate surface area is 163 Å². The Hall–Kier alpha value is -3.22. The number of aliphatic hydroxyl groups excluding tert-OH is 1. The minimum atomic E-state index is 0.0954. The Morgan fingerprint density at radius 1 is 0.536 bits per heavy atom. The van der Waals surface area contributed by atoms with E-state index in [0.29, 0.717) is 37.5 Å². The van der Waals surface area contributed by atoms with Crippen molar-refractivity contribution in [3.63, 3.8) is 0 Å². The van der Waals surface area contributed by atoms with Crippen molar-refractivity contribution in [3.05, 3.63) is 0 Å². The Bertz CT molecular complexity index is 708. The molecule has 0 aliphatic rings. The minimum Gasteiger partial charge on any atom is -0.396 e. The van der Waals surface area contributed by atoms with Crippen LogP contribution in [0.1, 0.15) is 32.1 Å². The monoisotopic (exact) mass is 392 g/mol. The molecule has 13 heteroatoms. The molecule has 0 atom stereocenters. The van der Waals surface area contributed by atoms with Gasteiger partial charge in [0.25, 0.3) is 0 Å². The second-order valence-electron chi connectivity index (χ2n) is 5.99. The van der Waals surface area contributed by atoms with Crippen LogP contribution in [0.2, 0.25) is 0 Å². The molecule has 13 nitrogen and oxygen atoms in total. The van der Waals surface area contributed by atoms with Gasteiger partial charge in [-0.3, -0.25) is 0 Å². The van der Waals surface area contributed by atoms with Crippen LogP contribution in [-0.2, 0) is 0 Å². The number of hydrogen-bond acceptors (Lipinski definition) is 13.